The lowest BCUT2D eigenvalue weighted by molar-refractivity contribution is -0.126. The van der Waals surface area contributed by atoms with Crippen LogP contribution < -0.4 is 27.3 Å². The van der Waals surface area contributed by atoms with Crippen molar-refractivity contribution in [2.24, 2.45) is 11.5 Å². The van der Waals surface area contributed by atoms with E-state index in [-0.39, 0.29) is 23.8 Å². The van der Waals surface area contributed by atoms with Crippen LogP contribution in [0, 0.1) is 6.92 Å². The molecule has 7 N–H and O–H groups in total. The van der Waals surface area contributed by atoms with E-state index in [1.807, 2.05) is 52.0 Å². The summed E-state index contributed by atoms with van der Waals surface area (Å²) < 4.78 is 11.6. The highest BCUT2D eigenvalue weighted by atomic mass is 32.2. The Kier molecular flexibility index (Phi) is 7.87. The third-order valence-corrected chi connectivity index (χ3v) is 10.7. The van der Waals surface area contributed by atoms with Crippen LogP contribution in [-0.2, 0) is 19.9 Å². The van der Waals surface area contributed by atoms with Crippen LogP contribution in [0.2, 0.25) is 0 Å². The summed E-state index contributed by atoms with van der Waals surface area (Å²) in [5.41, 5.74) is 21.6. The van der Waals surface area contributed by atoms with Gasteiger partial charge in [0.05, 0.1) is 17.4 Å². The van der Waals surface area contributed by atoms with Crippen LogP contribution in [0.4, 0.5) is 10.5 Å². The van der Waals surface area contributed by atoms with E-state index in [0.29, 0.717) is 29.9 Å². The maximum absolute atomic E-state index is 14.2. The van der Waals surface area contributed by atoms with Crippen LogP contribution in [0.15, 0.2) is 35.2 Å². The van der Waals surface area contributed by atoms with E-state index < -0.39 is 34.4 Å². The molecule has 2 aliphatic heterocycles. The van der Waals surface area contributed by atoms with Crippen molar-refractivity contribution in [3.8, 4) is 5.75 Å². The highest BCUT2D eigenvalue weighted by molar-refractivity contribution is 8.01. The van der Waals surface area contributed by atoms with E-state index in [1.165, 1.54) is 18.2 Å². The Bertz CT molecular complexity index is 1500. The molecule has 1 saturated heterocycles. The number of thioether (sulfide) groups is 1. The quantitative estimate of drug-likeness (QED) is 0.365. The highest BCUT2D eigenvalue weighted by Crippen LogP contribution is 2.56. The van der Waals surface area contributed by atoms with Gasteiger partial charge in [-0.3, -0.25) is 9.59 Å². The molecule has 2 aromatic carbocycles. The van der Waals surface area contributed by atoms with Gasteiger partial charge in [-0.1, -0.05) is 12.1 Å². The van der Waals surface area contributed by atoms with Gasteiger partial charge < -0.3 is 36.9 Å². The number of aryl methyl sites for hydroxylation is 1. The molecule has 2 amide bonds. The number of nitrogen functional groups attached to an aromatic ring is 1. The van der Waals surface area contributed by atoms with E-state index in [1.54, 1.807) is 11.0 Å². The Morgan fingerprint density at radius 3 is 2.48 bits per heavy atom. The summed E-state index contributed by atoms with van der Waals surface area (Å²) in [6.07, 6.45) is 4.56. The molecule has 0 spiro atoms. The van der Waals surface area contributed by atoms with Crippen molar-refractivity contribution >= 4 is 35.2 Å². The van der Waals surface area contributed by atoms with Crippen molar-refractivity contribution in [2.45, 2.75) is 105 Å². The minimum Gasteiger partial charge on any atom is -0.490 e. The number of rotatable bonds is 5. The first-order chi connectivity index (χ1) is 20.8. The maximum Gasteiger partial charge on any atom is 0.410 e. The zero-order chi connectivity index (χ0) is 31.6. The molecule has 2 aliphatic carbocycles. The fourth-order valence-corrected chi connectivity index (χ4v) is 8.36. The zero-order valence-corrected chi connectivity index (χ0v) is 26.7. The Labute approximate surface area is 262 Å². The van der Waals surface area contributed by atoms with Gasteiger partial charge in [0, 0.05) is 35.6 Å². The van der Waals surface area contributed by atoms with Gasteiger partial charge in [0.15, 0.2) is 5.78 Å². The molecule has 44 heavy (non-hydrogen) atoms. The smallest absolute Gasteiger partial charge is 0.410 e. The number of carbonyl (C=O) groups excluding carboxylic acids is 3. The van der Waals surface area contributed by atoms with Crippen LogP contribution >= 0.6 is 11.8 Å². The van der Waals surface area contributed by atoms with Gasteiger partial charge in [-0.15, -0.1) is 11.8 Å². The summed E-state index contributed by atoms with van der Waals surface area (Å²) in [6, 6.07) is 7.96. The number of nitrogens with two attached hydrogens (primary N) is 3. The summed E-state index contributed by atoms with van der Waals surface area (Å²) in [5.74, 6) is -0.410. The molecular formula is C33H43N5O5S. The van der Waals surface area contributed by atoms with E-state index in [2.05, 4.69) is 5.32 Å². The first-order valence-corrected chi connectivity index (χ1v) is 16.4. The van der Waals surface area contributed by atoms with E-state index in [0.717, 1.165) is 47.5 Å². The second-order valence-corrected chi connectivity index (χ2v) is 14.8. The fourth-order valence-electron chi connectivity index (χ4n) is 6.90. The van der Waals surface area contributed by atoms with Crippen molar-refractivity contribution < 1.29 is 23.9 Å². The number of Topliss-reactive ketones (excluding diaryl/α,β-unsaturated/α-hetero) is 1. The third-order valence-electron chi connectivity index (χ3n) is 9.29. The number of ether oxygens (including phenoxy) is 2. The van der Waals surface area contributed by atoms with Crippen LogP contribution in [0.1, 0.15) is 81.0 Å². The van der Waals surface area contributed by atoms with Gasteiger partial charge in [-0.05, 0) is 100 Å². The van der Waals surface area contributed by atoms with Crippen LogP contribution in [0.3, 0.4) is 0 Å². The Hall–Kier alpha value is -3.28. The Morgan fingerprint density at radius 1 is 1.09 bits per heavy atom. The zero-order valence-electron chi connectivity index (χ0n) is 25.9. The molecule has 10 nitrogen and oxygen atoms in total. The first-order valence-electron chi connectivity index (χ1n) is 15.5. The fraction of sp³-hybridized carbons (Fsp3) is 0.545. The number of hydrogen-bond donors (Lipinski definition) is 4. The number of amides is 2. The van der Waals surface area contributed by atoms with Crippen molar-refractivity contribution in [1.82, 2.24) is 10.2 Å². The number of nitrogens with zero attached hydrogens (tertiary/aromatic N) is 1. The number of ketones is 1. The van der Waals surface area contributed by atoms with Crippen molar-refractivity contribution in [3.05, 3.63) is 52.6 Å². The lowest BCUT2D eigenvalue weighted by Crippen LogP contribution is -2.61. The summed E-state index contributed by atoms with van der Waals surface area (Å²) >= 11 is 1.34. The first kappa shape index (κ1) is 30.7. The number of carbonyl (C=O) groups is 3. The molecule has 11 heteroatoms. The number of anilines is 1. The average molecular weight is 622 g/mol. The second kappa shape index (κ2) is 11.3. The normalized spacial score (nSPS) is 28.2. The van der Waals surface area contributed by atoms with Gasteiger partial charge in [-0.2, -0.15) is 0 Å². The second-order valence-electron chi connectivity index (χ2n) is 13.6. The lowest BCUT2D eigenvalue weighted by Gasteiger charge is -2.42. The highest BCUT2D eigenvalue weighted by Gasteiger charge is 2.57. The summed E-state index contributed by atoms with van der Waals surface area (Å²) in [6.45, 7) is 8.33. The summed E-state index contributed by atoms with van der Waals surface area (Å²) in [7, 11) is 0. The predicted octanol–water partition coefficient (Wildman–Crippen LogP) is 3.69. The number of nitrogens with one attached hydrogen (secondary N) is 1. The molecule has 0 radical (unpaired) electrons. The van der Waals surface area contributed by atoms with Crippen LogP contribution in [0.25, 0.3) is 0 Å². The Morgan fingerprint density at radius 2 is 1.82 bits per heavy atom. The predicted molar refractivity (Wildman–Crippen MR) is 170 cm³/mol. The van der Waals surface area contributed by atoms with Gasteiger partial charge in [0.1, 0.15) is 16.9 Å². The summed E-state index contributed by atoms with van der Waals surface area (Å²) in [4.78, 5) is 43.2. The minimum absolute atomic E-state index is 0.229. The van der Waals surface area contributed by atoms with E-state index in [9.17, 15) is 14.4 Å². The van der Waals surface area contributed by atoms with Gasteiger partial charge in [0.25, 0.3) is 0 Å². The molecular weight excluding hydrogens is 578 g/mol. The van der Waals surface area contributed by atoms with Crippen molar-refractivity contribution in [1.29, 1.82) is 0 Å². The Balaban J connectivity index is 1.27. The van der Waals surface area contributed by atoms with E-state index in [4.69, 9.17) is 26.7 Å². The molecule has 1 saturated carbocycles. The molecule has 6 rings (SSSR count). The molecule has 4 aliphatic rings. The monoisotopic (exact) mass is 621 g/mol. The molecule has 2 heterocycles. The molecule has 4 unspecified atom stereocenters. The largest absolute Gasteiger partial charge is 0.490 e. The van der Waals surface area contributed by atoms with Crippen LogP contribution in [-0.4, -0.2) is 64.8 Å². The molecule has 2 fully saturated rings. The van der Waals surface area contributed by atoms with E-state index >= 15 is 0 Å². The minimum atomic E-state index is -1.50. The van der Waals surface area contributed by atoms with Crippen molar-refractivity contribution in [3.63, 3.8) is 0 Å². The topological polar surface area (TPSA) is 163 Å². The van der Waals surface area contributed by atoms with Crippen LogP contribution in [0.5, 0.6) is 5.75 Å². The third kappa shape index (κ3) is 5.32. The van der Waals surface area contributed by atoms with Crippen molar-refractivity contribution in [2.75, 3.05) is 18.8 Å². The molecule has 0 bridgehead atoms. The molecule has 236 valence electrons. The molecule has 2 aromatic rings. The lowest BCUT2D eigenvalue weighted by atomic mass is 9.64. The molecule has 0 aromatic heterocycles. The van der Waals surface area contributed by atoms with Gasteiger partial charge >= 0.3 is 6.09 Å². The summed E-state index contributed by atoms with van der Waals surface area (Å²) in [5, 5.41) is 2.46. The maximum atomic E-state index is 14.2. The van der Waals surface area contributed by atoms with Gasteiger partial charge in [-0.25, -0.2) is 4.79 Å². The number of benzene rings is 2. The standard InChI is InChI=1S/C33H43N5O5S/c1-17-15-20(42-19-8-5-9-19)10-11-21(17)33(36)22-12-13-23(34)27-24(22)25(26(35)29(33)39)28(44-27)30(40)37-18-7-6-14-38(16-18)31(41)43-32(2,3)4/h10-13,15,18-19,25-26,28H,5-9,14,16,34-36H2,1-4H3,(H,37,40)/t18-,25?,26?,28?,33?/m1/s1. The number of piperidine rings is 1. The number of likely N-dealkylation sites (tertiary alicyclic amines) is 1. The number of hydrogen-bond acceptors (Lipinski definition) is 9. The SMILES string of the molecule is Cc1cc(OC2CCC2)ccc1C1(N)C(=O)C(N)C2c3c1ccc(N)c3SC2C(=O)N[C@@H]1CCCN(C(=O)OC(C)(C)C)C1. The molecule has 5 atom stereocenters. The van der Waals surface area contributed by atoms with Gasteiger partial charge in [0.2, 0.25) is 5.91 Å². The average Bonchev–Trinajstić information content (AvgIpc) is 3.35.